The fourth-order valence-electron chi connectivity index (χ4n) is 3.36. The third kappa shape index (κ3) is 4.82. The molecule has 0 spiro atoms. The van der Waals surface area contributed by atoms with Gasteiger partial charge in [0.05, 0.1) is 17.6 Å². The van der Waals surface area contributed by atoms with E-state index in [4.69, 9.17) is 4.98 Å². The fourth-order valence-corrected chi connectivity index (χ4v) is 3.76. The van der Waals surface area contributed by atoms with Gasteiger partial charge in [0.15, 0.2) is 0 Å². The smallest absolute Gasteiger partial charge is 0.254 e. The van der Waals surface area contributed by atoms with Gasteiger partial charge in [-0.3, -0.25) is 4.79 Å². The molecule has 1 heterocycles. The lowest BCUT2D eigenvalue weighted by molar-refractivity contribution is 0.0729. The van der Waals surface area contributed by atoms with Crippen LogP contribution in [-0.4, -0.2) is 26.9 Å². The van der Waals surface area contributed by atoms with Crippen LogP contribution in [0.1, 0.15) is 49.8 Å². The van der Waals surface area contributed by atoms with E-state index >= 15 is 0 Å². The Labute approximate surface area is 175 Å². The van der Waals surface area contributed by atoms with Gasteiger partial charge in [0.25, 0.3) is 5.91 Å². The Balaban J connectivity index is 1.94. The van der Waals surface area contributed by atoms with Crippen molar-refractivity contribution in [1.82, 2.24) is 14.5 Å². The molecule has 0 radical (unpaired) electrons. The molecule has 0 saturated carbocycles. The van der Waals surface area contributed by atoms with E-state index in [9.17, 15) is 4.79 Å². The predicted molar refractivity (Wildman–Crippen MR) is 118 cm³/mol. The van der Waals surface area contributed by atoms with Gasteiger partial charge in [-0.15, -0.1) is 0 Å². The molecule has 148 valence electrons. The Morgan fingerprint density at radius 1 is 1.18 bits per heavy atom. The van der Waals surface area contributed by atoms with Crippen molar-refractivity contribution in [2.75, 3.05) is 6.54 Å². The molecule has 0 fully saturated rings. The quantitative estimate of drug-likeness (QED) is 0.436. The second-order valence-corrected chi connectivity index (χ2v) is 8.50. The van der Waals surface area contributed by atoms with Gasteiger partial charge < -0.3 is 9.47 Å². The molecular formula is C23H28BrN3O. The molecule has 0 aliphatic carbocycles. The molecule has 28 heavy (non-hydrogen) atoms. The number of nitrogens with zero attached hydrogens (tertiary/aromatic N) is 3. The molecule has 1 amide bonds. The van der Waals surface area contributed by atoms with E-state index in [-0.39, 0.29) is 5.91 Å². The molecule has 0 aliphatic rings. The van der Waals surface area contributed by atoms with Crippen molar-refractivity contribution < 1.29 is 4.79 Å². The lowest BCUT2D eigenvalue weighted by Crippen LogP contribution is -2.33. The largest absolute Gasteiger partial charge is 0.331 e. The number of fused-ring (bicyclic) bond motifs is 1. The van der Waals surface area contributed by atoms with Crippen LogP contribution in [0.25, 0.3) is 11.0 Å². The van der Waals surface area contributed by atoms with Crippen molar-refractivity contribution in [3.8, 4) is 0 Å². The summed E-state index contributed by atoms with van der Waals surface area (Å²) in [5.74, 6) is 1.54. The minimum atomic E-state index is 0.0528. The summed E-state index contributed by atoms with van der Waals surface area (Å²) in [6.45, 7) is 8.69. The van der Waals surface area contributed by atoms with E-state index in [1.54, 1.807) is 0 Å². The molecule has 2 aromatic carbocycles. The van der Waals surface area contributed by atoms with Crippen LogP contribution in [0.2, 0.25) is 0 Å². The summed E-state index contributed by atoms with van der Waals surface area (Å²) >= 11 is 3.48. The number of imidazole rings is 1. The first-order chi connectivity index (χ1) is 13.5. The Bertz CT molecular complexity index is 948. The summed E-state index contributed by atoms with van der Waals surface area (Å²) in [4.78, 5) is 20.1. The summed E-state index contributed by atoms with van der Waals surface area (Å²) in [6, 6.07) is 15.8. The number of carbonyl (C=O) groups is 1. The van der Waals surface area contributed by atoms with Crippen LogP contribution in [0.4, 0.5) is 0 Å². The van der Waals surface area contributed by atoms with Gasteiger partial charge in [0, 0.05) is 23.1 Å². The van der Waals surface area contributed by atoms with Crippen LogP contribution in [0.15, 0.2) is 53.0 Å². The minimum absolute atomic E-state index is 0.0528. The van der Waals surface area contributed by atoms with Crippen molar-refractivity contribution in [2.24, 2.45) is 5.92 Å². The second kappa shape index (κ2) is 9.37. The summed E-state index contributed by atoms with van der Waals surface area (Å²) in [5.41, 5.74) is 2.83. The van der Waals surface area contributed by atoms with Crippen molar-refractivity contribution in [3.05, 3.63) is 64.4 Å². The first-order valence-corrected chi connectivity index (χ1v) is 10.8. The highest BCUT2D eigenvalue weighted by Gasteiger charge is 2.20. The molecule has 3 rings (SSSR count). The molecule has 0 bridgehead atoms. The van der Waals surface area contributed by atoms with E-state index in [1.807, 2.05) is 47.4 Å². The summed E-state index contributed by atoms with van der Waals surface area (Å²) in [6.07, 6.45) is 1.99. The molecule has 5 heteroatoms. The van der Waals surface area contributed by atoms with Crippen molar-refractivity contribution in [2.45, 2.75) is 46.7 Å². The van der Waals surface area contributed by atoms with Gasteiger partial charge in [-0.1, -0.05) is 54.9 Å². The van der Waals surface area contributed by atoms with Crippen molar-refractivity contribution >= 4 is 32.9 Å². The SMILES string of the molecule is CCCn1c(CN(CCC(C)C)C(=O)c2cccc(Br)c2)nc2ccccc21. The molecular weight excluding hydrogens is 414 g/mol. The Kier molecular flexibility index (Phi) is 6.89. The standard InChI is InChI=1S/C23H28BrN3O/c1-4-13-27-21-11-6-5-10-20(21)25-22(27)16-26(14-12-17(2)3)23(28)18-8-7-9-19(24)15-18/h5-11,15,17H,4,12-14,16H2,1-3H3. The number of amides is 1. The molecule has 0 unspecified atom stereocenters. The average Bonchev–Trinajstić information content (AvgIpc) is 3.02. The van der Waals surface area contributed by atoms with Crippen LogP contribution < -0.4 is 0 Å². The highest BCUT2D eigenvalue weighted by Crippen LogP contribution is 2.20. The first kappa shape index (κ1) is 20.6. The van der Waals surface area contributed by atoms with Crippen LogP contribution in [0.3, 0.4) is 0 Å². The molecule has 0 aliphatic heterocycles. The van der Waals surface area contributed by atoms with Gasteiger partial charge in [0.1, 0.15) is 5.82 Å². The number of hydrogen-bond donors (Lipinski definition) is 0. The van der Waals surface area contributed by atoms with Crippen LogP contribution >= 0.6 is 15.9 Å². The molecule has 3 aromatic rings. The van der Waals surface area contributed by atoms with Crippen molar-refractivity contribution in [1.29, 1.82) is 0 Å². The van der Waals surface area contributed by atoms with E-state index < -0.39 is 0 Å². The minimum Gasteiger partial charge on any atom is -0.331 e. The number of aryl methyl sites for hydroxylation is 1. The number of benzene rings is 2. The first-order valence-electron chi connectivity index (χ1n) is 9.98. The van der Waals surface area contributed by atoms with Gasteiger partial charge in [-0.25, -0.2) is 4.98 Å². The number of para-hydroxylation sites is 2. The van der Waals surface area contributed by atoms with Crippen LogP contribution in [-0.2, 0) is 13.1 Å². The zero-order valence-electron chi connectivity index (χ0n) is 16.9. The molecule has 4 nitrogen and oxygen atoms in total. The number of carbonyl (C=O) groups excluding carboxylic acids is 1. The Hall–Kier alpha value is -2.14. The third-order valence-corrected chi connectivity index (χ3v) is 5.34. The Morgan fingerprint density at radius 2 is 1.96 bits per heavy atom. The zero-order valence-corrected chi connectivity index (χ0v) is 18.4. The number of halogens is 1. The number of rotatable bonds is 8. The monoisotopic (exact) mass is 441 g/mol. The number of hydrogen-bond acceptors (Lipinski definition) is 2. The van der Waals surface area contributed by atoms with E-state index in [2.05, 4.69) is 47.3 Å². The van der Waals surface area contributed by atoms with Crippen LogP contribution in [0, 0.1) is 5.92 Å². The topological polar surface area (TPSA) is 38.1 Å². The van der Waals surface area contributed by atoms with Gasteiger partial charge in [-0.05, 0) is 49.1 Å². The highest BCUT2D eigenvalue weighted by molar-refractivity contribution is 9.10. The summed E-state index contributed by atoms with van der Waals surface area (Å²) < 4.78 is 3.17. The predicted octanol–water partition coefficient (Wildman–Crippen LogP) is 5.90. The maximum Gasteiger partial charge on any atom is 0.254 e. The molecule has 0 N–H and O–H groups in total. The summed E-state index contributed by atoms with van der Waals surface area (Å²) in [7, 11) is 0. The zero-order chi connectivity index (χ0) is 20.1. The second-order valence-electron chi connectivity index (χ2n) is 7.59. The lowest BCUT2D eigenvalue weighted by Gasteiger charge is -2.24. The highest BCUT2D eigenvalue weighted by atomic mass is 79.9. The van der Waals surface area contributed by atoms with Crippen molar-refractivity contribution in [3.63, 3.8) is 0 Å². The van der Waals surface area contributed by atoms with E-state index in [0.29, 0.717) is 18.0 Å². The molecule has 1 aromatic heterocycles. The Morgan fingerprint density at radius 3 is 2.68 bits per heavy atom. The lowest BCUT2D eigenvalue weighted by atomic mass is 10.1. The number of aromatic nitrogens is 2. The van der Waals surface area contributed by atoms with Gasteiger partial charge in [0.2, 0.25) is 0 Å². The van der Waals surface area contributed by atoms with E-state index in [0.717, 1.165) is 47.3 Å². The normalized spacial score (nSPS) is 11.3. The third-order valence-electron chi connectivity index (χ3n) is 4.85. The summed E-state index contributed by atoms with van der Waals surface area (Å²) in [5, 5.41) is 0. The molecule has 0 atom stereocenters. The average molecular weight is 442 g/mol. The van der Waals surface area contributed by atoms with Crippen LogP contribution in [0.5, 0.6) is 0 Å². The van der Waals surface area contributed by atoms with Gasteiger partial charge in [-0.2, -0.15) is 0 Å². The maximum absolute atomic E-state index is 13.3. The molecule has 0 saturated heterocycles. The van der Waals surface area contributed by atoms with E-state index in [1.165, 1.54) is 0 Å². The fraction of sp³-hybridized carbons (Fsp3) is 0.391. The van der Waals surface area contributed by atoms with Gasteiger partial charge >= 0.3 is 0 Å². The maximum atomic E-state index is 13.3.